The van der Waals surface area contributed by atoms with E-state index in [4.69, 9.17) is 0 Å². The topological polar surface area (TPSA) is 34.1 Å². The zero-order chi connectivity index (χ0) is 13.1. The molecule has 1 atom stereocenters. The molecule has 2 aromatic carbocycles. The first kappa shape index (κ1) is 14.1. The maximum absolute atomic E-state index is 10.5. The molecule has 0 heterocycles. The lowest BCUT2D eigenvalue weighted by Crippen LogP contribution is -2.00. The van der Waals surface area contributed by atoms with Crippen LogP contribution in [-0.4, -0.2) is 15.9 Å². The van der Waals surface area contributed by atoms with E-state index < -0.39 is 0 Å². The van der Waals surface area contributed by atoms with Gasteiger partial charge < -0.3 is 4.79 Å². The van der Waals surface area contributed by atoms with E-state index in [0.29, 0.717) is 11.3 Å². The third kappa shape index (κ3) is 5.37. The Morgan fingerprint density at radius 1 is 0.833 bits per heavy atom. The van der Waals surface area contributed by atoms with Crippen LogP contribution in [0.2, 0.25) is 0 Å². The van der Waals surface area contributed by atoms with Gasteiger partial charge in [0.1, 0.15) is 6.29 Å². The Kier molecular flexibility index (Phi) is 7.09. The van der Waals surface area contributed by atoms with E-state index in [2.05, 4.69) is 0 Å². The first-order valence-electron chi connectivity index (χ1n) is 5.50. The Bertz CT molecular complexity index is 464. The minimum Gasteiger partial charge on any atom is -0.302 e. The van der Waals surface area contributed by atoms with Crippen molar-refractivity contribution in [3.8, 4) is 0 Å². The van der Waals surface area contributed by atoms with Crippen molar-refractivity contribution in [3.05, 3.63) is 72.3 Å². The van der Waals surface area contributed by atoms with Gasteiger partial charge in [-0.1, -0.05) is 66.7 Å². The molecule has 0 aliphatic rings. The van der Waals surface area contributed by atoms with Crippen LogP contribution in [0, 0.1) is 0 Å². The van der Waals surface area contributed by atoms with Crippen molar-refractivity contribution in [2.24, 2.45) is 0 Å². The second-order valence-corrected chi connectivity index (χ2v) is 3.92. The molecule has 0 saturated carbocycles. The summed E-state index contributed by atoms with van der Waals surface area (Å²) in [7, 11) is 0. The summed E-state index contributed by atoms with van der Waals surface area (Å²) in [6, 6.07) is 21.2. The molecule has 0 N–H and O–H groups in total. The van der Waals surface area contributed by atoms with Gasteiger partial charge in [0.2, 0.25) is 0 Å². The molecular weight excluding hydrogens is 244 g/mol. The van der Waals surface area contributed by atoms with Crippen LogP contribution in [0.4, 0.5) is 0 Å². The Morgan fingerprint density at radius 2 is 1.28 bits per heavy atom. The molecule has 0 amide bonds. The van der Waals surface area contributed by atoms with Gasteiger partial charge in [0.25, 0.3) is 0 Å². The van der Waals surface area contributed by atoms with Crippen molar-refractivity contribution in [3.63, 3.8) is 0 Å². The van der Waals surface area contributed by atoms with E-state index in [1.54, 1.807) is 0 Å². The summed E-state index contributed by atoms with van der Waals surface area (Å²) in [5.74, 6) is -0.381. The second-order valence-electron chi connectivity index (χ2n) is 3.46. The average molecular weight is 258 g/mol. The van der Waals surface area contributed by atoms with Gasteiger partial charge >= 0.3 is 0 Å². The SMILES string of the molecule is O=CC(C=S=O)c1ccccc1.c1ccccc1. The molecule has 18 heavy (non-hydrogen) atoms. The van der Waals surface area contributed by atoms with Gasteiger partial charge in [-0.2, -0.15) is 0 Å². The van der Waals surface area contributed by atoms with Crippen molar-refractivity contribution >= 4 is 22.9 Å². The summed E-state index contributed by atoms with van der Waals surface area (Å²) < 4.78 is 10.2. The van der Waals surface area contributed by atoms with Crippen LogP contribution in [0.5, 0.6) is 0 Å². The Balaban J connectivity index is 0.000000225. The van der Waals surface area contributed by atoms with Gasteiger partial charge in [-0.05, 0) is 5.56 Å². The molecule has 2 rings (SSSR count). The number of carbonyl (C=O) groups is 1. The van der Waals surface area contributed by atoms with Crippen molar-refractivity contribution in [1.82, 2.24) is 0 Å². The number of hydrogen-bond donors (Lipinski definition) is 0. The van der Waals surface area contributed by atoms with Gasteiger partial charge in [0.15, 0.2) is 0 Å². The van der Waals surface area contributed by atoms with Gasteiger partial charge in [0.05, 0.1) is 17.2 Å². The number of carbonyl (C=O) groups excluding carboxylic acids is 1. The van der Waals surface area contributed by atoms with Crippen LogP contribution in [-0.2, 0) is 16.1 Å². The molecule has 1 unspecified atom stereocenters. The van der Waals surface area contributed by atoms with Crippen LogP contribution in [0.3, 0.4) is 0 Å². The van der Waals surface area contributed by atoms with E-state index in [9.17, 15) is 9.00 Å². The van der Waals surface area contributed by atoms with Crippen molar-refractivity contribution in [1.29, 1.82) is 0 Å². The molecule has 0 aromatic heterocycles. The summed E-state index contributed by atoms with van der Waals surface area (Å²) >= 11 is 0.323. The largest absolute Gasteiger partial charge is 0.302 e. The summed E-state index contributed by atoms with van der Waals surface area (Å²) in [6.07, 6.45) is 0.764. The highest BCUT2D eigenvalue weighted by Gasteiger charge is 2.04. The van der Waals surface area contributed by atoms with E-state index in [-0.39, 0.29) is 5.92 Å². The molecule has 0 bridgehead atoms. The summed E-state index contributed by atoms with van der Waals surface area (Å²) in [5.41, 5.74) is 0.857. The normalized spacial score (nSPS) is 10.4. The van der Waals surface area contributed by atoms with E-state index in [1.807, 2.05) is 66.7 Å². The molecule has 0 aliphatic heterocycles. The van der Waals surface area contributed by atoms with Gasteiger partial charge in [-0.15, -0.1) is 0 Å². The molecule has 2 nitrogen and oxygen atoms in total. The molecular formula is C15H14O2S. The molecule has 0 fully saturated rings. The molecule has 92 valence electrons. The molecule has 0 aliphatic carbocycles. The van der Waals surface area contributed by atoms with Crippen molar-refractivity contribution in [2.75, 3.05) is 0 Å². The highest BCUT2D eigenvalue weighted by molar-refractivity contribution is 7.65. The van der Waals surface area contributed by atoms with Crippen LogP contribution in [0.1, 0.15) is 11.5 Å². The fourth-order valence-electron chi connectivity index (χ4n) is 1.31. The predicted octanol–water partition coefficient (Wildman–Crippen LogP) is 2.67. The molecule has 0 radical (unpaired) electrons. The van der Waals surface area contributed by atoms with Crippen LogP contribution in [0.15, 0.2) is 66.7 Å². The molecule has 0 saturated heterocycles. The zero-order valence-corrected chi connectivity index (χ0v) is 10.6. The maximum Gasteiger partial charge on any atom is 0.132 e. The van der Waals surface area contributed by atoms with Gasteiger partial charge in [-0.25, -0.2) is 4.21 Å². The lowest BCUT2D eigenvalue weighted by atomic mass is 10.0. The number of rotatable bonds is 3. The van der Waals surface area contributed by atoms with E-state index >= 15 is 0 Å². The van der Waals surface area contributed by atoms with E-state index in [0.717, 1.165) is 11.8 Å². The van der Waals surface area contributed by atoms with Gasteiger partial charge in [-0.3, -0.25) is 0 Å². The smallest absolute Gasteiger partial charge is 0.132 e. The lowest BCUT2D eigenvalue weighted by molar-refractivity contribution is -0.107. The standard InChI is InChI=1S/C9H8O2S.C6H6/c10-6-9(7-12-11)8-4-2-1-3-5-8;1-2-4-6-5-3-1/h1-7,9H;1-6H. The quantitative estimate of drug-likeness (QED) is 0.626. The third-order valence-corrected chi connectivity index (χ3v) is 2.60. The highest BCUT2D eigenvalue weighted by atomic mass is 32.1. The predicted molar refractivity (Wildman–Crippen MR) is 75.9 cm³/mol. The second kappa shape index (κ2) is 9.07. The monoisotopic (exact) mass is 258 g/mol. The maximum atomic E-state index is 10.5. The van der Waals surface area contributed by atoms with Crippen LogP contribution in [0.25, 0.3) is 0 Å². The average Bonchev–Trinajstić information content (AvgIpc) is 2.48. The van der Waals surface area contributed by atoms with Gasteiger partial charge in [0, 0.05) is 5.37 Å². The minimum atomic E-state index is -0.381. The first-order valence-corrected chi connectivity index (χ1v) is 6.31. The fraction of sp³-hybridized carbons (Fsp3) is 0.0667. The fourth-order valence-corrected chi connectivity index (χ4v) is 1.65. The first-order chi connectivity index (χ1) is 8.88. The third-order valence-electron chi connectivity index (χ3n) is 2.20. The summed E-state index contributed by atoms with van der Waals surface area (Å²) in [5, 5.41) is 1.38. The lowest BCUT2D eigenvalue weighted by Gasteiger charge is -2.01. The summed E-state index contributed by atoms with van der Waals surface area (Å²) in [4.78, 5) is 10.5. The zero-order valence-electron chi connectivity index (χ0n) is 9.81. The molecule has 0 spiro atoms. The molecule has 3 heteroatoms. The minimum absolute atomic E-state index is 0.323. The van der Waals surface area contributed by atoms with Crippen molar-refractivity contribution < 1.29 is 9.00 Å². The number of benzene rings is 2. The van der Waals surface area contributed by atoms with Crippen LogP contribution < -0.4 is 0 Å². The Hall–Kier alpha value is -2.00. The summed E-state index contributed by atoms with van der Waals surface area (Å²) in [6.45, 7) is 0. The van der Waals surface area contributed by atoms with E-state index in [1.165, 1.54) is 5.37 Å². The Labute approximate surface area is 110 Å². The Morgan fingerprint density at radius 3 is 1.67 bits per heavy atom. The van der Waals surface area contributed by atoms with Crippen LogP contribution >= 0.6 is 0 Å². The number of aldehydes is 1. The number of hydrogen-bond acceptors (Lipinski definition) is 2. The van der Waals surface area contributed by atoms with Crippen molar-refractivity contribution in [2.45, 2.75) is 5.92 Å². The highest BCUT2D eigenvalue weighted by Crippen LogP contribution is 2.09. The molecule has 2 aromatic rings.